The fourth-order valence-electron chi connectivity index (χ4n) is 4.65. The van der Waals surface area contributed by atoms with E-state index in [4.69, 9.17) is 17.3 Å². The second-order valence-corrected chi connectivity index (χ2v) is 9.77. The first-order valence-electron chi connectivity index (χ1n) is 11.2. The molecule has 188 valence electrons. The minimum Gasteiger partial charge on any atom is -0.375 e. The molecule has 0 saturated carbocycles. The van der Waals surface area contributed by atoms with Crippen LogP contribution in [0.1, 0.15) is 5.56 Å². The number of hydrogen-bond donors (Lipinski definition) is 2. The van der Waals surface area contributed by atoms with Crippen molar-refractivity contribution in [3.63, 3.8) is 0 Å². The molecule has 37 heavy (non-hydrogen) atoms. The highest BCUT2D eigenvalue weighted by Gasteiger charge is 2.28. The van der Waals surface area contributed by atoms with Crippen LogP contribution in [0.15, 0.2) is 30.9 Å². The van der Waals surface area contributed by atoms with Crippen molar-refractivity contribution in [2.75, 3.05) is 49.2 Å². The minimum atomic E-state index is -0.732. The third-order valence-electron chi connectivity index (χ3n) is 6.36. The van der Waals surface area contributed by atoms with Crippen molar-refractivity contribution in [1.29, 1.82) is 5.26 Å². The van der Waals surface area contributed by atoms with Gasteiger partial charge in [0.1, 0.15) is 28.8 Å². The zero-order chi connectivity index (χ0) is 26.4. The standard InChI is InChI=1S/C25H20ClF2N7OS/c1-3-17(36)34-6-8-35(9-7-34)22-13-10-15(26)18(19(28)20(13)32-24(31-2)14(22)11-29)12-4-5-16(27)23-21(12)33-25(30)37-23/h3-5,10H,1,6-9H2,2H3,(H2,30,33)(H,31,32). The Morgan fingerprint density at radius 3 is 2.65 bits per heavy atom. The summed E-state index contributed by atoms with van der Waals surface area (Å²) in [5, 5.41) is 13.4. The SMILES string of the molecule is C=CC(=O)N1CCN(c2c(C#N)c(NC)nc3c(F)c(-c4ccc(F)c5sc(N)nc45)c(Cl)cc23)CC1. The molecule has 1 amide bonds. The van der Waals surface area contributed by atoms with Crippen LogP contribution in [0.3, 0.4) is 0 Å². The second kappa shape index (κ2) is 9.46. The Morgan fingerprint density at radius 1 is 1.27 bits per heavy atom. The van der Waals surface area contributed by atoms with Crippen LogP contribution in [-0.2, 0) is 4.79 Å². The molecule has 0 atom stereocenters. The topological polar surface area (TPSA) is 111 Å². The van der Waals surface area contributed by atoms with E-state index >= 15 is 4.39 Å². The van der Waals surface area contributed by atoms with E-state index in [2.05, 4.69) is 27.9 Å². The number of pyridine rings is 1. The number of thiazole rings is 1. The predicted molar refractivity (Wildman–Crippen MR) is 143 cm³/mol. The van der Waals surface area contributed by atoms with Crippen LogP contribution < -0.4 is 16.0 Å². The van der Waals surface area contributed by atoms with Crippen LogP contribution in [0.25, 0.3) is 32.2 Å². The molecular formula is C25H20ClF2N7OS. The number of nitriles is 1. The molecule has 3 heterocycles. The second-order valence-electron chi connectivity index (χ2n) is 8.33. The fraction of sp³-hybridized carbons (Fsp3) is 0.200. The van der Waals surface area contributed by atoms with Gasteiger partial charge in [0.25, 0.3) is 0 Å². The Kier molecular flexibility index (Phi) is 6.31. The van der Waals surface area contributed by atoms with Crippen LogP contribution in [0, 0.1) is 23.0 Å². The van der Waals surface area contributed by atoms with Gasteiger partial charge in [0.15, 0.2) is 10.9 Å². The average Bonchev–Trinajstić information content (AvgIpc) is 3.31. The van der Waals surface area contributed by atoms with E-state index in [1.807, 2.05) is 4.90 Å². The highest BCUT2D eigenvalue weighted by atomic mass is 35.5. The number of hydrogen-bond acceptors (Lipinski definition) is 8. The smallest absolute Gasteiger partial charge is 0.246 e. The number of nitrogens with two attached hydrogens (primary N) is 1. The quantitative estimate of drug-likeness (QED) is 0.359. The summed E-state index contributed by atoms with van der Waals surface area (Å²) in [5.41, 5.74) is 7.00. The molecule has 1 fully saturated rings. The maximum absolute atomic E-state index is 16.3. The normalized spacial score (nSPS) is 13.7. The minimum absolute atomic E-state index is 0.0103. The Morgan fingerprint density at radius 2 is 2.00 bits per heavy atom. The van der Waals surface area contributed by atoms with Crippen LogP contribution in [0.2, 0.25) is 5.02 Å². The van der Waals surface area contributed by atoms with E-state index < -0.39 is 11.6 Å². The van der Waals surface area contributed by atoms with Gasteiger partial charge in [0, 0.05) is 49.7 Å². The van der Waals surface area contributed by atoms with Crippen molar-refractivity contribution < 1.29 is 13.6 Å². The Bertz CT molecular complexity index is 1640. The summed E-state index contributed by atoms with van der Waals surface area (Å²) in [7, 11) is 1.59. The fourth-order valence-corrected chi connectivity index (χ4v) is 5.71. The average molecular weight is 540 g/mol. The lowest BCUT2D eigenvalue weighted by atomic mass is 9.98. The molecule has 1 aliphatic heterocycles. The summed E-state index contributed by atoms with van der Waals surface area (Å²) >= 11 is 7.62. The van der Waals surface area contributed by atoms with Gasteiger partial charge in [-0.25, -0.2) is 18.7 Å². The first-order chi connectivity index (χ1) is 17.8. The molecule has 1 aliphatic rings. The van der Waals surface area contributed by atoms with E-state index in [9.17, 15) is 14.4 Å². The summed E-state index contributed by atoms with van der Waals surface area (Å²) in [5.74, 6) is -1.23. The molecule has 1 saturated heterocycles. The molecular weight excluding hydrogens is 520 g/mol. The van der Waals surface area contributed by atoms with Crippen molar-refractivity contribution in [3.05, 3.63) is 53.1 Å². The van der Waals surface area contributed by atoms with Gasteiger partial charge in [-0.15, -0.1) is 0 Å². The molecule has 8 nitrogen and oxygen atoms in total. The number of rotatable bonds is 4. The number of aromatic nitrogens is 2. The predicted octanol–water partition coefficient (Wildman–Crippen LogP) is 4.77. The van der Waals surface area contributed by atoms with Gasteiger partial charge in [-0.2, -0.15) is 5.26 Å². The van der Waals surface area contributed by atoms with Crippen molar-refractivity contribution >= 4 is 66.6 Å². The summed E-state index contributed by atoms with van der Waals surface area (Å²) in [6, 6.07) is 6.36. The van der Waals surface area contributed by atoms with Gasteiger partial charge in [0.05, 0.1) is 20.9 Å². The summed E-state index contributed by atoms with van der Waals surface area (Å²) < 4.78 is 30.9. The largest absolute Gasteiger partial charge is 0.375 e. The van der Waals surface area contributed by atoms with E-state index in [-0.39, 0.29) is 54.3 Å². The van der Waals surface area contributed by atoms with Gasteiger partial charge < -0.3 is 20.9 Å². The number of halogens is 3. The summed E-state index contributed by atoms with van der Waals surface area (Å²) in [4.78, 5) is 24.2. The number of anilines is 3. The zero-order valence-corrected chi connectivity index (χ0v) is 21.2. The number of nitrogen functional groups attached to an aromatic ring is 1. The van der Waals surface area contributed by atoms with E-state index in [0.29, 0.717) is 37.3 Å². The Hall–Kier alpha value is -4.01. The molecule has 5 rings (SSSR count). The van der Waals surface area contributed by atoms with Crippen molar-refractivity contribution in [1.82, 2.24) is 14.9 Å². The number of benzene rings is 2. The molecule has 2 aromatic carbocycles. The summed E-state index contributed by atoms with van der Waals surface area (Å²) in [6.45, 7) is 5.16. The third kappa shape index (κ3) is 3.98. The van der Waals surface area contributed by atoms with E-state index in [0.717, 1.165) is 11.3 Å². The third-order valence-corrected chi connectivity index (χ3v) is 7.55. The highest BCUT2D eigenvalue weighted by molar-refractivity contribution is 7.22. The maximum Gasteiger partial charge on any atom is 0.246 e. The molecule has 0 unspecified atom stereocenters. The van der Waals surface area contributed by atoms with Crippen molar-refractivity contribution in [2.24, 2.45) is 0 Å². The first-order valence-corrected chi connectivity index (χ1v) is 12.4. The van der Waals surface area contributed by atoms with Gasteiger partial charge >= 0.3 is 0 Å². The van der Waals surface area contributed by atoms with Gasteiger partial charge in [0.2, 0.25) is 5.91 Å². The molecule has 0 radical (unpaired) electrons. The first kappa shape index (κ1) is 24.7. The maximum atomic E-state index is 16.3. The van der Waals surface area contributed by atoms with E-state index in [1.165, 1.54) is 18.2 Å². The molecule has 0 spiro atoms. The molecule has 4 aromatic rings. The van der Waals surface area contributed by atoms with Gasteiger partial charge in [-0.3, -0.25) is 4.79 Å². The highest BCUT2D eigenvalue weighted by Crippen LogP contribution is 2.44. The number of fused-ring (bicyclic) bond motifs is 2. The van der Waals surface area contributed by atoms with Crippen LogP contribution in [0.5, 0.6) is 0 Å². The van der Waals surface area contributed by atoms with E-state index in [1.54, 1.807) is 18.0 Å². The Labute approximate surface area is 219 Å². The lowest BCUT2D eigenvalue weighted by Gasteiger charge is -2.36. The number of carbonyl (C=O) groups excluding carboxylic acids is 1. The number of amides is 1. The lowest BCUT2D eigenvalue weighted by molar-refractivity contribution is -0.126. The van der Waals surface area contributed by atoms with Gasteiger partial charge in [-0.1, -0.05) is 29.5 Å². The van der Waals surface area contributed by atoms with Crippen molar-refractivity contribution in [3.8, 4) is 17.2 Å². The molecule has 3 N–H and O–H groups in total. The molecule has 2 aromatic heterocycles. The monoisotopic (exact) mass is 539 g/mol. The summed E-state index contributed by atoms with van der Waals surface area (Å²) in [6.07, 6.45) is 1.26. The van der Waals surface area contributed by atoms with Crippen LogP contribution >= 0.6 is 22.9 Å². The zero-order valence-electron chi connectivity index (χ0n) is 19.6. The number of piperazine rings is 1. The molecule has 0 aliphatic carbocycles. The molecule has 0 bridgehead atoms. The lowest BCUT2D eigenvalue weighted by Crippen LogP contribution is -2.48. The van der Waals surface area contributed by atoms with Gasteiger partial charge in [-0.05, 0) is 24.3 Å². The Balaban J connectivity index is 1.74. The number of carbonyl (C=O) groups is 1. The van der Waals surface area contributed by atoms with Crippen LogP contribution in [-0.4, -0.2) is 54.0 Å². The van der Waals surface area contributed by atoms with Crippen LogP contribution in [0.4, 0.5) is 25.4 Å². The number of nitrogens with one attached hydrogen (secondary N) is 1. The number of nitrogens with zero attached hydrogens (tertiary/aromatic N) is 5. The van der Waals surface area contributed by atoms with Crippen molar-refractivity contribution in [2.45, 2.75) is 0 Å². The molecule has 12 heteroatoms.